The summed E-state index contributed by atoms with van der Waals surface area (Å²) in [6.07, 6.45) is 0.654. The number of methoxy groups -OCH3 is 1. The zero-order chi connectivity index (χ0) is 16.9. The standard InChI is InChI=1S/C17H20ClNO3S/c1-3-17(14-7-9-16(22-2)10-8-14)19-23(20,21)12-13-5-4-6-15(18)11-13/h4-11,17,19H,3,12H2,1-2H3. The quantitative estimate of drug-likeness (QED) is 0.820. The van der Waals surface area contributed by atoms with E-state index in [0.717, 1.165) is 11.3 Å². The van der Waals surface area contributed by atoms with Crippen LogP contribution >= 0.6 is 11.6 Å². The maximum absolute atomic E-state index is 12.4. The van der Waals surface area contributed by atoms with Crippen molar-refractivity contribution in [3.63, 3.8) is 0 Å². The summed E-state index contributed by atoms with van der Waals surface area (Å²) >= 11 is 5.90. The van der Waals surface area contributed by atoms with Gasteiger partial charge < -0.3 is 4.74 Å². The first-order chi connectivity index (χ1) is 10.9. The average Bonchev–Trinajstić information content (AvgIpc) is 2.52. The topological polar surface area (TPSA) is 55.4 Å². The van der Waals surface area contributed by atoms with E-state index in [1.165, 1.54) is 0 Å². The largest absolute Gasteiger partial charge is 0.497 e. The van der Waals surface area contributed by atoms with Crippen molar-refractivity contribution in [2.75, 3.05) is 7.11 Å². The van der Waals surface area contributed by atoms with Gasteiger partial charge in [0.25, 0.3) is 0 Å². The molecule has 124 valence electrons. The van der Waals surface area contributed by atoms with Crippen molar-refractivity contribution in [1.29, 1.82) is 0 Å². The molecule has 1 atom stereocenters. The highest BCUT2D eigenvalue weighted by atomic mass is 35.5. The number of hydrogen-bond donors (Lipinski definition) is 1. The summed E-state index contributed by atoms with van der Waals surface area (Å²) in [5, 5.41) is 0.528. The summed E-state index contributed by atoms with van der Waals surface area (Å²) in [6.45, 7) is 1.94. The third-order valence-electron chi connectivity index (χ3n) is 3.49. The fourth-order valence-electron chi connectivity index (χ4n) is 2.33. The molecule has 2 aromatic rings. The normalized spacial score (nSPS) is 12.8. The third kappa shape index (κ3) is 5.23. The minimum absolute atomic E-state index is 0.0970. The molecular formula is C17H20ClNO3S. The summed E-state index contributed by atoms with van der Waals surface area (Å²) in [4.78, 5) is 0. The van der Waals surface area contributed by atoms with E-state index in [9.17, 15) is 8.42 Å². The Bertz CT molecular complexity index is 745. The second-order valence-corrected chi connectivity index (χ2v) is 7.43. The Morgan fingerprint density at radius 1 is 1.17 bits per heavy atom. The van der Waals surface area contributed by atoms with E-state index in [0.29, 0.717) is 17.0 Å². The lowest BCUT2D eigenvalue weighted by Crippen LogP contribution is -2.29. The molecule has 0 amide bonds. The fourth-order valence-corrected chi connectivity index (χ4v) is 3.98. The van der Waals surface area contributed by atoms with Crippen LogP contribution in [0.3, 0.4) is 0 Å². The Morgan fingerprint density at radius 3 is 2.43 bits per heavy atom. The maximum atomic E-state index is 12.4. The Morgan fingerprint density at radius 2 is 1.87 bits per heavy atom. The van der Waals surface area contributed by atoms with Gasteiger partial charge in [-0.05, 0) is 41.8 Å². The lowest BCUT2D eigenvalue weighted by molar-refractivity contribution is 0.414. The zero-order valence-electron chi connectivity index (χ0n) is 13.1. The van der Waals surface area contributed by atoms with Gasteiger partial charge in [-0.3, -0.25) is 0 Å². The molecule has 0 saturated carbocycles. The number of hydrogen-bond acceptors (Lipinski definition) is 3. The molecule has 0 aromatic heterocycles. The van der Waals surface area contributed by atoms with Crippen molar-refractivity contribution in [1.82, 2.24) is 4.72 Å². The van der Waals surface area contributed by atoms with Crippen molar-refractivity contribution >= 4 is 21.6 Å². The first-order valence-electron chi connectivity index (χ1n) is 7.32. The van der Waals surface area contributed by atoms with Gasteiger partial charge in [-0.15, -0.1) is 0 Å². The van der Waals surface area contributed by atoms with Crippen LogP contribution in [-0.2, 0) is 15.8 Å². The van der Waals surface area contributed by atoms with Gasteiger partial charge in [0.1, 0.15) is 5.75 Å². The lowest BCUT2D eigenvalue weighted by Gasteiger charge is -2.18. The molecule has 6 heteroatoms. The van der Waals surface area contributed by atoms with Crippen LogP contribution in [-0.4, -0.2) is 15.5 Å². The Balaban J connectivity index is 2.12. The van der Waals surface area contributed by atoms with Crippen LogP contribution in [0.25, 0.3) is 0 Å². The molecule has 0 aliphatic heterocycles. The van der Waals surface area contributed by atoms with E-state index in [2.05, 4.69) is 4.72 Å². The molecule has 1 unspecified atom stereocenters. The number of ether oxygens (including phenoxy) is 1. The third-order valence-corrected chi connectivity index (χ3v) is 5.09. The predicted molar refractivity (Wildman–Crippen MR) is 93.2 cm³/mol. The van der Waals surface area contributed by atoms with Crippen molar-refractivity contribution in [2.24, 2.45) is 0 Å². The molecule has 0 heterocycles. The number of halogens is 1. The first-order valence-corrected chi connectivity index (χ1v) is 9.35. The van der Waals surface area contributed by atoms with E-state index in [-0.39, 0.29) is 11.8 Å². The average molecular weight is 354 g/mol. The van der Waals surface area contributed by atoms with Gasteiger partial charge in [-0.1, -0.05) is 42.8 Å². The molecule has 2 rings (SSSR count). The summed E-state index contributed by atoms with van der Waals surface area (Å²) in [7, 11) is -1.87. The summed E-state index contributed by atoms with van der Waals surface area (Å²) in [5.41, 5.74) is 1.57. The van der Waals surface area contributed by atoms with Crippen LogP contribution in [0.5, 0.6) is 5.75 Å². The summed E-state index contributed by atoms with van der Waals surface area (Å²) < 4.78 is 32.7. The molecule has 23 heavy (non-hydrogen) atoms. The second-order valence-electron chi connectivity index (χ2n) is 5.24. The number of sulfonamides is 1. The van der Waals surface area contributed by atoms with Crippen molar-refractivity contribution in [2.45, 2.75) is 25.1 Å². The smallest absolute Gasteiger partial charge is 0.216 e. The number of rotatable bonds is 7. The van der Waals surface area contributed by atoms with Crippen LogP contribution in [0.1, 0.15) is 30.5 Å². The van der Waals surface area contributed by atoms with E-state index in [1.54, 1.807) is 31.4 Å². The second kappa shape index (κ2) is 7.81. The van der Waals surface area contributed by atoms with Gasteiger partial charge in [0.15, 0.2) is 0 Å². The highest BCUT2D eigenvalue weighted by molar-refractivity contribution is 7.88. The van der Waals surface area contributed by atoms with Gasteiger partial charge in [-0.2, -0.15) is 0 Å². The molecule has 0 bridgehead atoms. The minimum Gasteiger partial charge on any atom is -0.497 e. The zero-order valence-corrected chi connectivity index (χ0v) is 14.7. The van der Waals surface area contributed by atoms with Gasteiger partial charge in [0.2, 0.25) is 10.0 Å². The summed E-state index contributed by atoms with van der Waals surface area (Å²) in [6, 6.07) is 14.0. The van der Waals surface area contributed by atoms with Crippen LogP contribution in [0, 0.1) is 0 Å². The van der Waals surface area contributed by atoms with Gasteiger partial charge in [0.05, 0.1) is 12.9 Å². The Labute approximate surface area is 142 Å². The van der Waals surface area contributed by atoms with Gasteiger partial charge in [0, 0.05) is 11.1 Å². The van der Waals surface area contributed by atoms with E-state index in [1.807, 2.05) is 31.2 Å². The van der Waals surface area contributed by atoms with Crippen LogP contribution < -0.4 is 9.46 Å². The molecule has 0 aliphatic carbocycles. The van der Waals surface area contributed by atoms with Crippen molar-refractivity contribution < 1.29 is 13.2 Å². The number of benzene rings is 2. The van der Waals surface area contributed by atoms with E-state index >= 15 is 0 Å². The highest BCUT2D eigenvalue weighted by Crippen LogP contribution is 2.22. The van der Waals surface area contributed by atoms with Crippen LogP contribution in [0.4, 0.5) is 0 Å². The van der Waals surface area contributed by atoms with E-state index in [4.69, 9.17) is 16.3 Å². The van der Waals surface area contributed by atoms with E-state index < -0.39 is 10.0 Å². The summed E-state index contributed by atoms with van der Waals surface area (Å²) in [5.74, 6) is 0.644. The van der Waals surface area contributed by atoms with Crippen molar-refractivity contribution in [3.05, 3.63) is 64.7 Å². The Kier molecular flexibility index (Phi) is 6.04. The molecule has 1 N–H and O–H groups in total. The van der Waals surface area contributed by atoms with Crippen molar-refractivity contribution in [3.8, 4) is 5.75 Å². The molecule has 0 saturated heterocycles. The lowest BCUT2D eigenvalue weighted by atomic mass is 10.1. The fraction of sp³-hybridized carbons (Fsp3) is 0.294. The van der Waals surface area contributed by atoms with Crippen LogP contribution in [0.15, 0.2) is 48.5 Å². The molecule has 0 fully saturated rings. The van der Waals surface area contributed by atoms with Gasteiger partial charge >= 0.3 is 0 Å². The minimum atomic E-state index is -3.47. The molecule has 0 spiro atoms. The highest BCUT2D eigenvalue weighted by Gasteiger charge is 2.19. The number of nitrogens with one attached hydrogen (secondary N) is 1. The molecule has 0 aliphatic rings. The SMILES string of the molecule is CCC(NS(=O)(=O)Cc1cccc(Cl)c1)c1ccc(OC)cc1. The predicted octanol–water partition coefficient (Wildman–Crippen LogP) is 3.92. The van der Waals surface area contributed by atoms with Crippen LogP contribution in [0.2, 0.25) is 5.02 Å². The molecule has 4 nitrogen and oxygen atoms in total. The first kappa shape index (κ1) is 17.8. The molecule has 0 radical (unpaired) electrons. The molecular weight excluding hydrogens is 334 g/mol. The molecule has 2 aromatic carbocycles. The van der Waals surface area contributed by atoms with Gasteiger partial charge in [-0.25, -0.2) is 13.1 Å². The Hall–Kier alpha value is -1.56. The maximum Gasteiger partial charge on any atom is 0.216 e. The monoisotopic (exact) mass is 353 g/mol.